The summed E-state index contributed by atoms with van der Waals surface area (Å²) in [5.41, 5.74) is 2.07. The third-order valence-corrected chi connectivity index (χ3v) is 4.17. The third kappa shape index (κ3) is 4.76. The van der Waals surface area contributed by atoms with Crippen LogP contribution in [0.5, 0.6) is 5.75 Å². The maximum absolute atomic E-state index is 12.2. The van der Waals surface area contributed by atoms with Crippen LogP contribution in [0.4, 0.5) is 0 Å². The molecule has 0 spiro atoms. The predicted molar refractivity (Wildman–Crippen MR) is 103 cm³/mol. The zero-order chi connectivity index (χ0) is 19.9. The van der Waals surface area contributed by atoms with Crippen LogP contribution in [0.3, 0.4) is 0 Å². The Morgan fingerprint density at radius 1 is 1.07 bits per heavy atom. The summed E-state index contributed by atoms with van der Waals surface area (Å²) >= 11 is 0. The number of aromatic nitrogens is 2. The van der Waals surface area contributed by atoms with Crippen LogP contribution in [0, 0.1) is 0 Å². The fraction of sp³-hybridized carbons (Fsp3) is 0.190. The lowest BCUT2D eigenvalue weighted by atomic mass is 10.2. The molecule has 1 amide bonds. The summed E-state index contributed by atoms with van der Waals surface area (Å²) in [6.45, 7) is 0.0777. The molecule has 3 aromatic rings. The van der Waals surface area contributed by atoms with Gasteiger partial charge in [0.15, 0.2) is 6.61 Å². The average Bonchev–Trinajstić information content (AvgIpc) is 3.23. The average molecular weight is 379 g/mol. The third-order valence-electron chi connectivity index (χ3n) is 4.17. The van der Waals surface area contributed by atoms with Gasteiger partial charge >= 0.3 is 5.97 Å². The maximum Gasteiger partial charge on any atom is 0.341 e. The molecule has 0 N–H and O–H groups in total. The minimum Gasteiger partial charge on any atom is -0.497 e. The van der Waals surface area contributed by atoms with Gasteiger partial charge in [0.25, 0.3) is 5.91 Å². The molecule has 1 heterocycles. The van der Waals surface area contributed by atoms with Gasteiger partial charge in [0.2, 0.25) is 0 Å². The summed E-state index contributed by atoms with van der Waals surface area (Å²) in [6.07, 6.45) is 2.99. The number of likely N-dealkylation sites (N-methyl/N-ethyl adjacent to an activating group) is 1. The predicted octanol–water partition coefficient (Wildman–Crippen LogP) is 2.70. The molecule has 0 aliphatic carbocycles. The van der Waals surface area contributed by atoms with E-state index in [9.17, 15) is 9.59 Å². The first-order valence-corrected chi connectivity index (χ1v) is 8.71. The van der Waals surface area contributed by atoms with Crippen molar-refractivity contribution in [2.45, 2.75) is 6.54 Å². The Labute approximate surface area is 163 Å². The molecule has 0 unspecified atom stereocenters. The van der Waals surface area contributed by atoms with Crippen LogP contribution in [0.25, 0.3) is 5.69 Å². The molecule has 0 atom stereocenters. The number of ether oxygens (including phenoxy) is 2. The van der Waals surface area contributed by atoms with Crippen molar-refractivity contribution >= 4 is 11.9 Å². The molecule has 144 valence electrons. The van der Waals surface area contributed by atoms with Gasteiger partial charge in [-0.15, -0.1) is 0 Å². The van der Waals surface area contributed by atoms with E-state index >= 15 is 0 Å². The normalized spacial score (nSPS) is 10.4. The molecule has 0 radical (unpaired) electrons. The number of rotatable bonds is 7. The molecule has 7 nitrogen and oxygen atoms in total. The molecule has 0 saturated heterocycles. The van der Waals surface area contributed by atoms with Crippen LogP contribution < -0.4 is 4.74 Å². The second-order valence-electron chi connectivity index (χ2n) is 6.18. The Morgan fingerprint density at radius 2 is 1.79 bits per heavy atom. The first-order valence-electron chi connectivity index (χ1n) is 8.71. The van der Waals surface area contributed by atoms with Gasteiger partial charge in [0.1, 0.15) is 5.75 Å². The zero-order valence-electron chi connectivity index (χ0n) is 15.7. The maximum atomic E-state index is 12.2. The van der Waals surface area contributed by atoms with Crippen molar-refractivity contribution in [3.8, 4) is 11.4 Å². The summed E-state index contributed by atoms with van der Waals surface area (Å²) < 4.78 is 11.8. The van der Waals surface area contributed by atoms with E-state index in [0.29, 0.717) is 6.54 Å². The highest BCUT2D eigenvalue weighted by atomic mass is 16.5. The highest BCUT2D eigenvalue weighted by Gasteiger charge is 2.15. The molecule has 28 heavy (non-hydrogen) atoms. The quantitative estimate of drug-likeness (QED) is 0.590. The van der Waals surface area contributed by atoms with E-state index in [1.165, 1.54) is 11.1 Å². The van der Waals surface area contributed by atoms with E-state index in [2.05, 4.69) is 5.10 Å². The summed E-state index contributed by atoms with van der Waals surface area (Å²) in [5.74, 6) is -0.129. The molecule has 7 heteroatoms. The van der Waals surface area contributed by atoms with Crippen LogP contribution in [0.15, 0.2) is 67.0 Å². The second-order valence-corrected chi connectivity index (χ2v) is 6.18. The summed E-state index contributed by atoms with van der Waals surface area (Å²) in [7, 11) is 3.26. The van der Waals surface area contributed by atoms with Gasteiger partial charge < -0.3 is 14.4 Å². The van der Waals surface area contributed by atoms with Crippen LogP contribution in [0.2, 0.25) is 0 Å². The van der Waals surface area contributed by atoms with Gasteiger partial charge in [0.05, 0.1) is 24.6 Å². The molecule has 0 aliphatic rings. The van der Waals surface area contributed by atoms with E-state index in [-0.39, 0.29) is 18.1 Å². The van der Waals surface area contributed by atoms with E-state index in [4.69, 9.17) is 9.47 Å². The highest BCUT2D eigenvalue weighted by molar-refractivity contribution is 5.90. The van der Waals surface area contributed by atoms with Gasteiger partial charge in [0, 0.05) is 19.8 Å². The van der Waals surface area contributed by atoms with Crippen molar-refractivity contribution in [2.24, 2.45) is 0 Å². The minimum atomic E-state index is -0.589. The van der Waals surface area contributed by atoms with Crippen LogP contribution in [-0.2, 0) is 16.1 Å². The Bertz CT molecular complexity index is 936. The lowest BCUT2D eigenvalue weighted by molar-refractivity contribution is -0.133. The van der Waals surface area contributed by atoms with Crippen molar-refractivity contribution < 1.29 is 19.1 Å². The van der Waals surface area contributed by atoms with Gasteiger partial charge in [-0.25, -0.2) is 9.48 Å². The number of carbonyl (C=O) groups excluding carboxylic acids is 2. The number of carbonyl (C=O) groups is 2. The lowest BCUT2D eigenvalue weighted by Gasteiger charge is -2.17. The second kappa shape index (κ2) is 8.85. The molecule has 0 bridgehead atoms. The highest BCUT2D eigenvalue weighted by Crippen LogP contribution is 2.13. The van der Waals surface area contributed by atoms with E-state index in [1.54, 1.807) is 25.0 Å². The Kier molecular flexibility index (Phi) is 6.06. The fourth-order valence-electron chi connectivity index (χ4n) is 2.56. The molecule has 0 saturated carbocycles. The van der Waals surface area contributed by atoms with E-state index in [0.717, 1.165) is 17.0 Å². The number of amides is 1. The first kappa shape index (κ1) is 19.2. The first-order chi connectivity index (χ1) is 13.6. The van der Waals surface area contributed by atoms with Crippen molar-refractivity contribution in [1.82, 2.24) is 14.7 Å². The Balaban J connectivity index is 1.52. The molecule has 3 rings (SSSR count). The number of hydrogen-bond donors (Lipinski definition) is 0. The van der Waals surface area contributed by atoms with Gasteiger partial charge in [-0.2, -0.15) is 5.10 Å². The van der Waals surface area contributed by atoms with Crippen molar-refractivity contribution in [1.29, 1.82) is 0 Å². The number of esters is 1. The number of nitrogens with zero attached hydrogens (tertiary/aromatic N) is 3. The van der Waals surface area contributed by atoms with Gasteiger partial charge in [-0.1, -0.05) is 30.3 Å². The lowest BCUT2D eigenvalue weighted by Crippen LogP contribution is -2.30. The minimum absolute atomic E-state index is 0.287. The summed E-state index contributed by atoms with van der Waals surface area (Å²) in [5, 5.41) is 4.15. The topological polar surface area (TPSA) is 73.7 Å². The summed E-state index contributed by atoms with van der Waals surface area (Å²) in [6, 6.07) is 16.8. The SMILES string of the molecule is COc1ccc(CN(C)C(=O)COC(=O)c2cnn(-c3ccccc3)c2)cc1. The van der Waals surface area contributed by atoms with Gasteiger partial charge in [-0.05, 0) is 29.8 Å². The monoisotopic (exact) mass is 379 g/mol. The van der Waals surface area contributed by atoms with Crippen LogP contribution in [0.1, 0.15) is 15.9 Å². The largest absolute Gasteiger partial charge is 0.497 e. The summed E-state index contributed by atoms with van der Waals surface area (Å²) in [4.78, 5) is 25.9. The van der Waals surface area contributed by atoms with Crippen molar-refractivity contribution in [3.05, 3.63) is 78.1 Å². The molecule has 1 aromatic heterocycles. The van der Waals surface area contributed by atoms with Crippen LogP contribution >= 0.6 is 0 Å². The molecular weight excluding hydrogens is 358 g/mol. The van der Waals surface area contributed by atoms with Crippen LogP contribution in [-0.4, -0.2) is 47.3 Å². The number of hydrogen-bond acceptors (Lipinski definition) is 5. The van der Waals surface area contributed by atoms with E-state index < -0.39 is 5.97 Å². The fourth-order valence-corrected chi connectivity index (χ4v) is 2.56. The molecule has 0 fully saturated rings. The smallest absolute Gasteiger partial charge is 0.341 e. The Hall–Kier alpha value is -3.61. The number of para-hydroxylation sites is 1. The van der Waals surface area contributed by atoms with E-state index in [1.807, 2.05) is 54.6 Å². The molecule has 0 aliphatic heterocycles. The zero-order valence-corrected chi connectivity index (χ0v) is 15.7. The standard InChI is InChI=1S/C21H21N3O4/c1-23(13-16-8-10-19(27-2)11-9-16)20(25)15-28-21(26)17-12-22-24(14-17)18-6-4-3-5-7-18/h3-12,14H,13,15H2,1-2H3. The number of methoxy groups -OCH3 is 1. The van der Waals surface area contributed by atoms with Crippen molar-refractivity contribution in [3.63, 3.8) is 0 Å². The molecule has 2 aromatic carbocycles. The number of benzene rings is 2. The van der Waals surface area contributed by atoms with Crippen molar-refractivity contribution in [2.75, 3.05) is 20.8 Å². The van der Waals surface area contributed by atoms with Gasteiger partial charge in [-0.3, -0.25) is 4.79 Å². The molecular formula is C21H21N3O4. The Morgan fingerprint density at radius 3 is 2.46 bits per heavy atom.